The molecular weight excluding hydrogens is 268 g/mol. The molecule has 2 nitrogen and oxygen atoms in total. The van der Waals surface area contributed by atoms with Gasteiger partial charge in [-0.2, -0.15) is 0 Å². The van der Waals surface area contributed by atoms with Crippen LogP contribution in [0.1, 0.15) is 51.9 Å². The van der Waals surface area contributed by atoms with E-state index in [-0.39, 0.29) is 6.10 Å². The number of rotatable bonds is 9. The highest BCUT2D eigenvalue weighted by molar-refractivity contribution is 9.09. The lowest BCUT2D eigenvalue weighted by Gasteiger charge is -2.40. The van der Waals surface area contributed by atoms with Gasteiger partial charge in [0.2, 0.25) is 0 Å². The van der Waals surface area contributed by atoms with Crippen LogP contribution in [-0.2, 0) is 9.47 Å². The second-order valence-corrected chi connectivity index (χ2v) is 5.81. The SMILES string of the molecule is CCCCCCCCOC1CC(Br)C1OC. The topological polar surface area (TPSA) is 18.5 Å². The average Bonchev–Trinajstić information content (AvgIpc) is 2.26. The zero-order chi connectivity index (χ0) is 11.8. The minimum atomic E-state index is 0.264. The molecule has 0 N–H and O–H groups in total. The van der Waals surface area contributed by atoms with Crippen molar-refractivity contribution in [3.8, 4) is 0 Å². The second-order valence-electron chi connectivity index (χ2n) is 4.63. The highest BCUT2D eigenvalue weighted by Gasteiger charge is 2.40. The van der Waals surface area contributed by atoms with Crippen molar-refractivity contribution in [3.63, 3.8) is 0 Å². The van der Waals surface area contributed by atoms with E-state index in [1.165, 1.54) is 38.5 Å². The fourth-order valence-corrected chi connectivity index (χ4v) is 3.03. The van der Waals surface area contributed by atoms with Crippen LogP contribution >= 0.6 is 15.9 Å². The molecule has 1 aliphatic carbocycles. The molecule has 16 heavy (non-hydrogen) atoms. The number of ether oxygens (including phenoxy) is 2. The Labute approximate surface area is 108 Å². The van der Waals surface area contributed by atoms with E-state index in [0.717, 1.165) is 13.0 Å². The minimum Gasteiger partial charge on any atom is -0.378 e. The van der Waals surface area contributed by atoms with Gasteiger partial charge in [-0.1, -0.05) is 55.0 Å². The van der Waals surface area contributed by atoms with E-state index in [9.17, 15) is 0 Å². The number of methoxy groups -OCH3 is 1. The molecule has 1 saturated carbocycles. The summed E-state index contributed by atoms with van der Waals surface area (Å²) in [7, 11) is 1.76. The van der Waals surface area contributed by atoms with E-state index < -0.39 is 0 Å². The summed E-state index contributed by atoms with van der Waals surface area (Å²) in [6, 6.07) is 0. The molecule has 3 atom stereocenters. The summed E-state index contributed by atoms with van der Waals surface area (Å²) in [6.45, 7) is 3.15. The van der Waals surface area contributed by atoms with Crippen LogP contribution in [0.4, 0.5) is 0 Å². The highest BCUT2D eigenvalue weighted by Crippen LogP contribution is 2.32. The van der Waals surface area contributed by atoms with E-state index >= 15 is 0 Å². The Kier molecular flexibility index (Phi) is 7.67. The van der Waals surface area contributed by atoms with Gasteiger partial charge in [-0.05, 0) is 12.8 Å². The molecule has 96 valence electrons. The van der Waals surface area contributed by atoms with E-state index in [1.54, 1.807) is 7.11 Å². The number of unbranched alkanes of at least 4 members (excludes halogenated alkanes) is 5. The Morgan fingerprint density at radius 2 is 1.81 bits per heavy atom. The molecule has 0 aromatic rings. The van der Waals surface area contributed by atoms with Gasteiger partial charge < -0.3 is 9.47 Å². The fourth-order valence-electron chi connectivity index (χ4n) is 2.11. The van der Waals surface area contributed by atoms with Crippen LogP contribution in [0.3, 0.4) is 0 Å². The monoisotopic (exact) mass is 292 g/mol. The van der Waals surface area contributed by atoms with Crippen molar-refractivity contribution in [1.82, 2.24) is 0 Å². The zero-order valence-electron chi connectivity index (χ0n) is 10.6. The summed E-state index contributed by atoms with van der Waals surface area (Å²) in [5.74, 6) is 0. The van der Waals surface area contributed by atoms with Crippen molar-refractivity contribution in [2.45, 2.75) is 68.9 Å². The van der Waals surface area contributed by atoms with Gasteiger partial charge >= 0.3 is 0 Å². The maximum Gasteiger partial charge on any atom is 0.0958 e. The molecule has 0 aromatic heterocycles. The van der Waals surface area contributed by atoms with Gasteiger partial charge in [0.25, 0.3) is 0 Å². The fraction of sp³-hybridized carbons (Fsp3) is 1.00. The zero-order valence-corrected chi connectivity index (χ0v) is 12.2. The molecule has 0 aromatic carbocycles. The molecule has 0 spiro atoms. The predicted octanol–water partition coefficient (Wildman–Crippen LogP) is 3.91. The van der Waals surface area contributed by atoms with Gasteiger partial charge in [-0.15, -0.1) is 0 Å². The van der Waals surface area contributed by atoms with Crippen LogP contribution in [0.5, 0.6) is 0 Å². The van der Waals surface area contributed by atoms with Gasteiger partial charge in [-0.3, -0.25) is 0 Å². The molecule has 3 heteroatoms. The first-order valence-electron chi connectivity index (χ1n) is 6.58. The lowest BCUT2D eigenvalue weighted by atomic mass is 9.91. The first kappa shape index (κ1) is 14.5. The maximum absolute atomic E-state index is 5.80. The lowest BCUT2D eigenvalue weighted by Crippen LogP contribution is -2.50. The summed E-state index contributed by atoms with van der Waals surface area (Å²) in [5, 5.41) is 0. The van der Waals surface area contributed by atoms with Crippen molar-refractivity contribution < 1.29 is 9.47 Å². The van der Waals surface area contributed by atoms with Gasteiger partial charge in [0, 0.05) is 18.5 Å². The third-order valence-electron chi connectivity index (χ3n) is 3.28. The summed E-state index contributed by atoms with van der Waals surface area (Å²) in [6.07, 6.45) is 9.62. The van der Waals surface area contributed by atoms with Crippen molar-refractivity contribution in [3.05, 3.63) is 0 Å². The summed E-state index contributed by atoms with van der Waals surface area (Å²) in [5.41, 5.74) is 0. The number of halogens is 1. The quantitative estimate of drug-likeness (QED) is 0.474. The lowest BCUT2D eigenvalue weighted by molar-refractivity contribution is -0.107. The number of hydrogen-bond donors (Lipinski definition) is 0. The molecule has 0 heterocycles. The Morgan fingerprint density at radius 3 is 2.44 bits per heavy atom. The van der Waals surface area contributed by atoms with Crippen molar-refractivity contribution in [2.75, 3.05) is 13.7 Å². The van der Waals surface area contributed by atoms with Crippen LogP contribution in [0.2, 0.25) is 0 Å². The van der Waals surface area contributed by atoms with Crippen molar-refractivity contribution in [2.24, 2.45) is 0 Å². The Bertz CT molecular complexity index is 175. The summed E-state index contributed by atoms with van der Waals surface area (Å²) in [4.78, 5) is 0.493. The minimum absolute atomic E-state index is 0.264. The van der Waals surface area contributed by atoms with Crippen LogP contribution < -0.4 is 0 Å². The van der Waals surface area contributed by atoms with Crippen molar-refractivity contribution >= 4 is 15.9 Å². The molecule has 1 rings (SSSR count). The first-order chi connectivity index (χ1) is 7.79. The van der Waals surface area contributed by atoms with E-state index in [2.05, 4.69) is 22.9 Å². The molecule has 0 aliphatic heterocycles. The molecule has 0 saturated heterocycles. The molecule has 1 fully saturated rings. The Hall–Kier alpha value is 0.400. The molecule has 0 amide bonds. The van der Waals surface area contributed by atoms with Gasteiger partial charge in [0.05, 0.1) is 12.2 Å². The van der Waals surface area contributed by atoms with Gasteiger partial charge in [0.1, 0.15) is 0 Å². The standard InChI is InChI=1S/C13H25BrO2/c1-3-4-5-6-7-8-9-16-12-10-11(14)13(12)15-2/h11-13H,3-10H2,1-2H3. The first-order valence-corrected chi connectivity index (χ1v) is 7.49. The summed E-state index contributed by atoms with van der Waals surface area (Å²) < 4.78 is 11.2. The van der Waals surface area contributed by atoms with Crippen molar-refractivity contribution in [1.29, 1.82) is 0 Å². The van der Waals surface area contributed by atoms with E-state index in [1.807, 2.05) is 0 Å². The van der Waals surface area contributed by atoms with Gasteiger partial charge in [-0.25, -0.2) is 0 Å². The molecule has 0 radical (unpaired) electrons. The van der Waals surface area contributed by atoms with E-state index in [0.29, 0.717) is 10.9 Å². The largest absolute Gasteiger partial charge is 0.378 e. The maximum atomic E-state index is 5.80. The molecule has 3 unspecified atom stereocenters. The highest BCUT2D eigenvalue weighted by atomic mass is 79.9. The molecule has 1 aliphatic rings. The third-order valence-corrected chi connectivity index (χ3v) is 4.18. The second kappa shape index (κ2) is 8.48. The van der Waals surface area contributed by atoms with Crippen LogP contribution in [0, 0.1) is 0 Å². The van der Waals surface area contributed by atoms with Crippen LogP contribution in [0.25, 0.3) is 0 Å². The third kappa shape index (κ3) is 4.72. The Balaban J connectivity index is 1.88. The predicted molar refractivity (Wildman–Crippen MR) is 71.2 cm³/mol. The normalized spacial score (nSPS) is 29.1. The van der Waals surface area contributed by atoms with Crippen LogP contribution in [-0.4, -0.2) is 30.8 Å². The summed E-state index contributed by atoms with van der Waals surface area (Å²) >= 11 is 3.57. The van der Waals surface area contributed by atoms with E-state index in [4.69, 9.17) is 9.47 Å². The van der Waals surface area contributed by atoms with Crippen LogP contribution in [0.15, 0.2) is 0 Å². The number of hydrogen-bond acceptors (Lipinski definition) is 2. The molecular formula is C13H25BrO2. The number of alkyl halides is 1. The Morgan fingerprint density at radius 1 is 1.12 bits per heavy atom. The smallest absolute Gasteiger partial charge is 0.0958 e. The molecule has 0 bridgehead atoms. The average molecular weight is 293 g/mol. The van der Waals surface area contributed by atoms with Gasteiger partial charge in [0.15, 0.2) is 0 Å².